The van der Waals surface area contributed by atoms with E-state index in [0.717, 1.165) is 0 Å². The average molecular weight is 177 g/mol. The highest BCUT2D eigenvalue weighted by atomic mass is 14.6. The molecule has 0 spiro atoms. The van der Waals surface area contributed by atoms with Crippen LogP contribution in [-0.2, 0) is 5.41 Å². The molecule has 0 bridgehead atoms. The van der Waals surface area contributed by atoms with Crippen molar-refractivity contribution < 1.29 is 0 Å². The molecule has 0 aliphatic heterocycles. The van der Waals surface area contributed by atoms with Crippen molar-refractivity contribution in [2.24, 2.45) is 5.73 Å². The van der Waals surface area contributed by atoms with E-state index in [-0.39, 0.29) is 11.5 Å². The Labute approximate surface area is 81.0 Å². The molecule has 2 N–H and O–H groups in total. The standard InChI is InChI=1S/C12H19N/c1-9(13)10-5-7-11(8-6-10)12(2,3)4/h5-9H,13H2,1-4H3. The summed E-state index contributed by atoms with van der Waals surface area (Å²) in [7, 11) is 0. The van der Waals surface area contributed by atoms with E-state index in [0.29, 0.717) is 0 Å². The minimum atomic E-state index is 0.133. The summed E-state index contributed by atoms with van der Waals surface area (Å²) in [6.45, 7) is 8.65. The molecule has 1 heteroatoms. The normalized spacial score (nSPS) is 14.2. The predicted octanol–water partition coefficient (Wildman–Crippen LogP) is 3.00. The molecular formula is C12H19N. The van der Waals surface area contributed by atoms with Crippen LogP contribution in [0.5, 0.6) is 0 Å². The highest BCUT2D eigenvalue weighted by molar-refractivity contribution is 5.28. The molecule has 13 heavy (non-hydrogen) atoms. The van der Waals surface area contributed by atoms with E-state index in [1.807, 2.05) is 6.92 Å². The smallest absolute Gasteiger partial charge is 0.0266 e. The van der Waals surface area contributed by atoms with Gasteiger partial charge in [-0.05, 0) is 23.5 Å². The van der Waals surface area contributed by atoms with Crippen LogP contribution in [-0.4, -0.2) is 0 Å². The van der Waals surface area contributed by atoms with E-state index in [9.17, 15) is 0 Å². The lowest BCUT2D eigenvalue weighted by Crippen LogP contribution is -2.11. The highest BCUT2D eigenvalue weighted by Crippen LogP contribution is 2.23. The van der Waals surface area contributed by atoms with Crippen LogP contribution in [0.15, 0.2) is 24.3 Å². The lowest BCUT2D eigenvalue weighted by molar-refractivity contribution is 0.589. The second-order valence-corrected chi connectivity index (χ2v) is 4.66. The van der Waals surface area contributed by atoms with Gasteiger partial charge in [0.15, 0.2) is 0 Å². The summed E-state index contributed by atoms with van der Waals surface area (Å²) in [5.74, 6) is 0. The van der Waals surface area contributed by atoms with Crippen LogP contribution in [0, 0.1) is 0 Å². The van der Waals surface area contributed by atoms with Crippen molar-refractivity contribution >= 4 is 0 Å². The van der Waals surface area contributed by atoms with Gasteiger partial charge in [0.05, 0.1) is 0 Å². The van der Waals surface area contributed by atoms with Crippen molar-refractivity contribution in [3.05, 3.63) is 35.4 Å². The summed E-state index contributed by atoms with van der Waals surface area (Å²) >= 11 is 0. The molecule has 0 aliphatic carbocycles. The molecule has 1 aromatic rings. The van der Waals surface area contributed by atoms with Crippen molar-refractivity contribution in [3.63, 3.8) is 0 Å². The van der Waals surface area contributed by atoms with Crippen molar-refractivity contribution in [1.82, 2.24) is 0 Å². The number of hydrogen-bond donors (Lipinski definition) is 1. The number of benzene rings is 1. The van der Waals surface area contributed by atoms with Crippen LogP contribution in [0.25, 0.3) is 0 Å². The monoisotopic (exact) mass is 177 g/mol. The maximum absolute atomic E-state index is 5.77. The minimum absolute atomic E-state index is 0.133. The second kappa shape index (κ2) is 3.51. The maximum Gasteiger partial charge on any atom is 0.0266 e. The van der Waals surface area contributed by atoms with Gasteiger partial charge in [0.2, 0.25) is 0 Å². The summed E-state index contributed by atoms with van der Waals surface area (Å²) in [4.78, 5) is 0. The van der Waals surface area contributed by atoms with Gasteiger partial charge in [0.1, 0.15) is 0 Å². The first kappa shape index (κ1) is 10.3. The van der Waals surface area contributed by atoms with E-state index < -0.39 is 0 Å². The van der Waals surface area contributed by atoms with E-state index in [2.05, 4.69) is 45.0 Å². The molecule has 0 radical (unpaired) electrons. The largest absolute Gasteiger partial charge is 0.324 e. The Kier molecular flexibility index (Phi) is 2.77. The van der Waals surface area contributed by atoms with Crippen LogP contribution < -0.4 is 5.73 Å². The van der Waals surface area contributed by atoms with E-state index in [1.54, 1.807) is 0 Å². The number of rotatable bonds is 1. The maximum atomic E-state index is 5.77. The third kappa shape index (κ3) is 2.56. The van der Waals surface area contributed by atoms with Gasteiger partial charge in [0, 0.05) is 6.04 Å². The summed E-state index contributed by atoms with van der Waals surface area (Å²) < 4.78 is 0. The van der Waals surface area contributed by atoms with Crippen molar-refractivity contribution in [1.29, 1.82) is 0 Å². The average Bonchev–Trinajstić information content (AvgIpc) is 2.03. The molecule has 72 valence electrons. The molecule has 1 atom stereocenters. The Morgan fingerprint density at radius 2 is 1.54 bits per heavy atom. The molecule has 0 aromatic heterocycles. The zero-order valence-electron chi connectivity index (χ0n) is 8.96. The topological polar surface area (TPSA) is 26.0 Å². The molecule has 0 saturated heterocycles. The fourth-order valence-electron chi connectivity index (χ4n) is 1.29. The van der Waals surface area contributed by atoms with E-state index in [4.69, 9.17) is 5.73 Å². The summed E-state index contributed by atoms with van der Waals surface area (Å²) in [5, 5.41) is 0. The molecule has 1 rings (SSSR count). The Bertz CT molecular complexity index is 264. The highest BCUT2D eigenvalue weighted by Gasteiger charge is 2.12. The van der Waals surface area contributed by atoms with Gasteiger partial charge in [-0.1, -0.05) is 45.0 Å². The van der Waals surface area contributed by atoms with Gasteiger partial charge in [0.25, 0.3) is 0 Å². The first-order valence-electron chi connectivity index (χ1n) is 4.77. The Morgan fingerprint density at radius 1 is 1.08 bits per heavy atom. The van der Waals surface area contributed by atoms with Gasteiger partial charge >= 0.3 is 0 Å². The fourth-order valence-corrected chi connectivity index (χ4v) is 1.29. The van der Waals surface area contributed by atoms with Gasteiger partial charge in [-0.25, -0.2) is 0 Å². The zero-order valence-corrected chi connectivity index (χ0v) is 8.96. The van der Waals surface area contributed by atoms with Crippen LogP contribution in [0.3, 0.4) is 0 Å². The molecule has 0 aliphatic rings. The van der Waals surface area contributed by atoms with Crippen molar-refractivity contribution in [2.75, 3.05) is 0 Å². The third-order valence-corrected chi connectivity index (χ3v) is 2.30. The lowest BCUT2D eigenvalue weighted by atomic mass is 9.86. The van der Waals surface area contributed by atoms with Gasteiger partial charge in [-0.15, -0.1) is 0 Å². The van der Waals surface area contributed by atoms with Gasteiger partial charge in [-0.3, -0.25) is 0 Å². The molecular weight excluding hydrogens is 158 g/mol. The Hall–Kier alpha value is -0.820. The molecule has 0 amide bonds. The summed E-state index contributed by atoms with van der Waals surface area (Å²) in [6.07, 6.45) is 0. The van der Waals surface area contributed by atoms with Crippen LogP contribution in [0.1, 0.15) is 44.9 Å². The quantitative estimate of drug-likeness (QED) is 0.701. The summed E-state index contributed by atoms with van der Waals surface area (Å²) in [5.41, 5.74) is 8.57. The van der Waals surface area contributed by atoms with Crippen LogP contribution in [0.4, 0.5) is 0 Å². The Balaban J connectivity index is 2.94. The molecule has 1 nitrogen and oxygen atoms in total. The van der Waals surface area contributed by atoms with Gasteiger partial charge < -0.3 is 5.73 Å². The van der Waals surface area contributed by atoms with Crippen molar-refractivity contribution in [2.45, 2.75) is 39.2 Å². The second-order valence-electron chi connectivity index (χ2n) is 4.66. The molecule has 0 heterocycles. The molecule has 1 aromatic carbocycles. The minimum Gasteiger partial charge on any atom is -0.324 e. The fraction of sp³-hybridized carbons (Fsp3) is 0.500. The molecule has 0 fully saturated rings. The van der Waals surface area contributed by atoms with E-state index in [1.165, 1.54) is 11.1 Å². The van der Waals surface area contributed by atoms with Crippen LogP contribution >= 0.6 is 0 Å². The lowest BCUT2D eigenvalue weighted by Gasteiger charge is -2.19. The SMILES string of the molecule is CC(N)c1ccc(C(C)(C)C)cc1. The zero-order chi connectivity index (χ0) is 10.1. The molecule has 0 saturated carbocycles. The molecule has 1 unspecified atom stereocenters. The Morgan fingerprint density at radius 3 is 1.85 bits per heavy atom. The third-order valence-electron chi connectivity index (χ3n) is 2.30. The number of hydrogen-bond acceptors (Lipinski definition) is 1. The van der Waals surface area contributed by atoms with E-state index >= 15 is 0 Å². The van der Waals surface area contributed by atoms with Crippen LogP contribution in [0.2, 0.25) is 0 Å². The number of nitrogens with two attached hydrogens (primary N) is 1. The van der Waals surface area contributed by atoms with Crippen molar-refractivity contribution in [3.8, 4) is 0 Å². The first-order chi connectivity index (χ1) is 5.91. The predicted molar refractivity (Wildman–Crippen MR) is 57.7 cm³/mol. The van der Waals surface area contributed by atoms with Gasteiger partial charge in [-0.2, -0.15) is 0 Å². The summed E-state index contributed by atoms with van der Waals surface area (Å²) in [6, 6.07) is 8.70. The first-order valence-corrected chi connectivity index (χ1v) is 4.77.